The van der Waals surface area contributed by atoms with Crippen LogP contribution in [-0.2, 0) is 0 Å². The zero-order chi connectivity index (χ0) is 10.2. The number of nitrogens with one attached hydrogen (secondary N) is 1. The zero-order valence-electron chi connectivity index (χ0n) is 9.19. The summed E-state index contributed by atoms with van der Waals surface area (Å²) in [7, 11) is 1.93. The van der Waals surface area contributed by atoms with E-state index < -0.39 is 0 Å². The molecule has 0 radical (unpaired) electrons. The van der Waals surface area contributed by atoms with E-state index in [0.29, 0.717) is 0 Å². The molecule has 5 N–H and O–H groups in total. The van der Waals surface area contributed by atoms with Crippen LogP contribution in [0.4, 0.5) is 0 Å². The molecule has 0 bridgehead atoms. The van der Waals surface area contributed by atoms with Crippen molar-refractivity contribution >= 4 is 0 Å². The fraction of sp³-hybridized carbons (Fsp3) is 1.00. The quantitative estimate of drug-likeness (QED) is 0.560. The van der Waals surface area contributed by atoms with E-state index in [4.69, 9.17) is 11.5 Å². The Labute approximate surface area is 77.9 Å². The van der Waals surface area contributed by atoms with Gasteiger partial charge < -0.3 is 16.8 Å². The van der Waals surface area contributed by atoms with Gasteiger partial charge in [-0.3, -0.25) is 0 Å². The lowest BCUT2D eigenvalue weighted by atomic mass is 10.4. The minimum absolute atomic E-state index is 0.792. The molecule has 3 nitrogen and oxygen atoms in total. The average molecular weight is 177 g/mol. The standard InChI is InChI=1S/C4H12N2.C3H9N.C2H6/c1-6-4-2-3-5;1-2-3-4;1-2/h6H,2-5H2,1H3;2-4H2,1H3;1-2H3. The maximum Gasteiger partial charge on any atom is -0.00399 e. The lowest BCUT2D eigenvalue weighted by Gasteiger charge is -1.90. The summed E-state index contributed by atoms with van der Waals surface area (Å²) in [4.78, 5) is 0. The first-order valence-electron chi connectivity index (χ1n) is 4.88. The van der Waals surface area contributed by atoms with Gasteiger partial charge in [0.15, 0.2) is 0 Å². The molecule has 0 heterocycles. The van der Waals surface area contributed by atoms with Crippen LogP contribution in [0.2, 0.25) is 0 Å². The normalized spacial score (nSPS) is 7.50. The molecule has 0 saturated carbocycles. The Morgan fingerprint density at radius 3 is 1.58 bits per heavy atom. The molecule has 0 aromatic heterocycles. The van der Waals surface area contributed by atoms with Gasteiger partial charge >= 0.3 is 0 Å². The lowest BCUT2D eigenvalue weighted by Crippen LogP contribution is -2.12. The lowest BCUT2D eigenvalue weighted by molar-refractivity contribution is 0.733. The van der Waals surface area contributed by atoms with E-state index in [9.17, 15) is 0 Å². The molecule has 0 rings (SSSR count). The number of hydrogen-bond donors (Lipinski definition) is 3. The van der Waals surface area contributed by atoms with Crippen LogP contribution in [0.3, 0.4) is 0 Å². The smallest absolute Gasteiger partial charge is 0.00399 e. The Morgan fingerprint density at radius 2 is 1.50 bits per heavy atom. The van der Waals surface area contributed by atoms with Gasteiger partial charge in [0.1, 0.15) is 0 Å². The summed E-state index contributed by atoms with van der Waals surface area (Å²) in [6.07, 6.45) is 2.18. The Hall–Kier alpha value is -0.120. The van der Waals surface area contributed by atoms with Crippen LogP contribution in [0.1, 0.15) is 33.6 Å². The highest BCUT2D eigenvalue weighted by Gasteiger charge is 1.73. The summed E-state index contributed by atoms with van der Waals surface area (Å²) in [6, 6.07) is 0. The second-order valence-electron chi connectivity index (χ2n) is 2.03. The second kappa shape index (κ2) is 30.7. The molecule has 0 aromatic rings. The first-order chi connectivity index (χ1) is 5.83. The highest BCUT2D eigenvalue weighted by Crippen LogP contribution is 1.63. The van der Waals surface area contributed by atoms with E-state index in [1.165, 1.54) is 0 Å². The molecule has 0 fully saturated rings. The number of nitrogens with two attached hydrogens (primary N) is 2. The van der Waals surface area contributed by atoms with Crippen LogP contribution in [-0.4, -0.2) is 26.7 Å². The van der Waals surface area contributed by atoms with Crippen molar-refractivity contribution in [3.63, 3.8) is 0 Å². The van der Waals surface area contributed by atoms with Gasteiger partial charge in [0.25, 0.3) is 0 Å². The minimum Gasteiger partial charge on any atom is -0.330 e. The third-order valence-corrected chi connectivity index (χ3v) is 0.920. The van der Waals surface area contributed by atoms with E-state index in [-0.39, 0.29) is 0 Å². The molecule has 0 unspecified atom stereocenters. The van der Waals surface area contributed by atoms with E-state index in [0.717, 1.165) is 32.5 Å². The summed E-state index contributed by atoms with van der Waals surface area (Å²) in [6.45, 7) is 8.71. The van der Waals surface area contributed by atoms with E-state index in [1.807, 2.05) is 20.9 Å². The molecule has 12 heavy (non-hydrogen) atoms. The van der Waals surface area contributed by atoms with E-state index in [2.05, 4.69) is 12.2 Å². The van der Waals surface area contributed by atoms with Crippen LogP contribution < -0.4 is 16.8 Å². The molecular weight excluding hydrogens is 150 g/mol. The van der Waals surface area contributed by atoms with Crippen molar-refractivity contribution in [2.24, 2.45) is 11.5 Å². The molecule has 0 aliphatic heterocycles. The van der Waals surface area contributed by atoms with Crippen molar-refractivity contribution < 1.29 is 0 Å². The van der Waals surface area contributed by atoms with Crippen molar-refractivity contribution in [1.82, 2.24) is 5.32 Å². The molecule has 0 aliphatic carbocycles. The SMILES string of the molecule is CC.CCCN.CNCCCN. The molecule has 0 aromatic carbocycles. The van der Waals surface area contributed by atoms with Crippen molar-refractivity contribution in [1.29, 1.82) is 0 Å². The van der Waals surface area contributed by atoms with Crippen LogP contribution in [0.25, 0.3) is 0 Å². The van der Waals surface area contributed by atoms with Crippen molar-refractivity contribution in [2.75, 3.05) is 26.7 Å². The van der Waals surface area contributed by atoms with Gasteiger partial charge in [-0.15, -0.1) is 0 Å². The Kier molecular flexibility index (Phi) is 45.7. The van der Waals surface area contributed by atoms with Gasteiger partial charge in [0, 0.05) is 0 Å². The van der Waals surface area contributed by atoms with Crippen molar-refractivity contribution in [3.05, 3.63) is 0 Å². The maximum atomic E-state index is 5.17. The molecular formula is C9H27N3. The predicted octanol–water partition coefficient (Wildman–Crippen LogP) is 0.936. The highest BCUT2D eigenvalue weighted by atomic mass is 14.8. The predicted molar refractivity (Wildman–Crippen MR) is 58.3 cm³/mol. The third kappa shape index (κ3) is 51.8. The fourth-order valence-corrected chi connectivity index (χ4v) is 0.279. The van der Waals surface area contributed by atoms with E-state index in [1.54, 1.807) is 0 Å². The maximum absolute atomic E-state index is 5.17. The largest absolute Gasteiger partial charge is 0.330 e. The summed E-state index contributed by atoms with van der Waals surface area (Å²) < 4.78 is 0. The molecule has 0 atom stereocenters. The zero-order valence-corrected chi connectivity index (χ0v) is 9.19. The molecule has 0 spiro atoms. The van der Waals surface area contributed by atoms with Crippen molar-refractivity contribution in [2.45, 2.75) is 33.6 Å². The average Bonchev–Trinajstić information content (AvgIpc) is 2.18. The Morgan fingerprint density at radius 1 is 1.08 bits per heavy atom. The Bertz CT molecular complexity index is 34.8. The van der Waals surface area contributed by atoms with Gasteiger partial charge in [0.05, 0.1) is 0 Å². The van der Waals surface area contributed by atoms with Crippen LogP contribution in [0.15, 0.2) is 0 Å². The number of hydrogen-bond acceptors (Lipinski definition) is 3. The molecule has 0 amide bonds. The van der Waals surface area contributed by atoms with Gasteiger partial charge in [-0.1, -0.05) is 20.8 Å². The minimum atomic E-state index is 0.792. The highest BCUT2D eigenvalue weighted by molar-refractivity contribution is 4.38. The van der Waals surface area contributed by atoms with Gasteiger partial charge in [-0.25, -0.2) is 0 Å². The first kappa shape index (κ1) is 17.8. The van der Waals surface area contributed by atoms with Crippen LogP contribution in [0.5, 0.6) is 0 Å². The molecule has 3 heteroatoms. The van der Waals surface area contributed by atoms with Crippen LogP contribution in [0, 0.1) is 0 Å². The van der Waals surface area contributed by atoms with Crippen LogP contribution >= 0.6 is 0 Å². The molecule has 0 saturated heterocycles. The fourth-order valence-electron chi connectivity index (χ4n) is 0.279. The van der Waals surface area contributed by atoms with Gasteiger partial charge in [0.2, 0.25) is 0 Å². The summed E-state index contributed by atoms with van der Waals surface area (Å²) in [5.41, 5.74) is 10.2. The monoisotopic (exact) mass is 177 g/mol. The number of rotatable bonds is 4. The first-order valence-corrected chi connectivity index (χ1v) is 4.88. The molecule has 0 aliphatic rings. The summed E-state index contributed by atoms with van der Waals surface area (Å²) in [5, 5.41) is 2.99. The van der Waals surface area contributed by atoms with Gasteiger partial charge in [-0.05, 0) is 39.5 Å². The third-order valence-electron chi connectivity index (χ3n) is 0.920. The topological polar surface area (TPSA) is 64.1 Å². The Balaban J connectivity index is -0.000000118. The second-order valence-corrected chi connectivity index (χ2v) is 2.03. The summed E-state index contributed by atoms with van der Waals surface area (Å²) in [5.74, 6) is 0. The van der Waals surface area contributed by atoms with Gasteiger partial charge in [-0.2, -0.15) is 0 Å². The van der Waals surface area contributed by atoms with E-state index >= 15 is 0 Å². The summed E-state index contributed by atoms with van der Waals surface area (Å²) >= 11 is 0. The van der Waals surface area contributed by atoms with Crippen molar-refractivity contribution in [3.8, 4) is 0 Å². The molecule has 78 valence electrons.